The second-order valence-electron chi connectivity index (χ2n) is 4.32. The molecule has 0 heterocycles. The molecule has 0 amide bonds. The van der Waals surface area contributed by atoms with Crippen LogP contribution >= 0.6 is 0 Å². The van der Waals surface area contributed by atoms with Crippen molar-refractivity contribution in [1.29, 1.82) is 0 Å². The fourth-order valence-corrected chi connectivity index (χ4v) is 1.14. The van der Waals surface area contributed by atoms with E-state index in [0.29, 0.717) is 0 Å². The lowest BCUT2D eigenvalue weighted by atomic mass is 10.4. The van der Waals surface area contributed by atoms with E-state index in [1.165, 1.54) is 6.42 Å². The van der Waals surface area contributed by atoms with E-state index in [1.54, 1.807) is 0 Å². The molecular formula is C11H27N3O. The summed E-state index contributed by atoms with van der Waals surface area (Å²) in [6, 6.07) is 0. The molecule has 0 fully saturated rings. The van der Waals surface area contributed by atoms with E-state index in [9.17, 15) is 0 Å². The van der Waals surface area contributed by atoms with Crippen molar-refractivity contribution in [3.63, 3.8) is 0 Å². The highest BCUT2D eigenvalue weighted by Crippen LogP contribution is 1.81. The molecular weight excluding hydrogens is 190 g/mol. The van der Waals surface area contributed by atoms with Gasteiger partial charge in [-0.2, -0.15) is 0 Å². The molecule has 0 atom stereocenters. The van der Waals surface area contributed by atoms with Crippen LogP contribution in [0.1, 0.15) is 6.42 Å². The maximum Gasteiger partial charge on any atom is 0.0593 e. The van der Waals surface area contributed by atoms with Gasteiger partial charge in [-0.15, -0.1) is 0 Å². The summed E-state index contributed by atoms with van der Waals surface area (Å²) in [5.41, 5.74) is 0. The first kappa shape index (κ1) is 14.8. The van der Waals surface area contributed by atoms with Crippen molar-refractivity contribution in [2.75, 3.05) is 67.6 Å². The number of hydrogen-bond donors (Lipinski definition) is 1. The lowest BCUT2D eigenvalue weighted by Crippen LogP contribution is -2.25. The van der Waals surface area contributed by atoms with Gasteiger partial charge in [0.05, 0.1) is 13.2 Å². The number of ether oxygens (including phenoxy) is 1. The maximum absolute atomic E-state index is 5.46. The first-order chi connectivity index (χ1) is 7.13. The Hall–Kier alpha value is -0.160. The van der Waals surface area contributed by atoms with Crippen molar-refractivity contribution in [2.24, 2.45) is 0 Å². The zero-order valence-electron chi connectivity index (χ0n) is 10.8. The Morgan fingerprint density at radius 3 is 2.13 bits per heavy atom. The fraction of sp³-hybridized carbons (Fsp3) is 1.00. The molecule has 0 aliphatic heterocycles. The average Bonchev–Trinajstić information content (AvgIpc) is 2.14. The number of likely N-dealkylation sites (N-methyl/N-ethyl adjacent to an activating group) is 1. The monoisotopic (exact) mass is 217 g/mol. The number of nitrogens with zero attached hydrogens (tertiary/aromatic N) is 2. The van der Waals surface area contributed by atoms with Crippen LogP contribution in [-0.4, -0.2) is 77.4 Å². The van der Waals surface area contributed by atoms with Crippen molar-refractivity contribution >= 4 is 0 Å². The Kier molecular flexibility index (Phi) is 10.3. The third-order valence-electron chi connectivity index (χ3n) is 2.06. The van der Waals surface area contributed by atoms with Gasteiger partial charge in [0, 0.05) is 13.1 Å². The summed E-state index contributed by atoms with van der Waals surface area (Å²) in [5.74, 6) is 0. The van der Waals surface area contributed by atoms with E-state index in [4.69, 9.17) is 4.74 Å². The van der Waals surface area contributed by atoms with Gasteiger partial charge >= 0.3 is 0 Å². The largest absolute Gasteiger partial charge is 0.379 e. The van der Waals surface area contributed by atoms with E-state index in [0.717, 1.165) is 39.4 Å². The van der Waals surface area contributed by atoms with Crippen LogP contribution in [0, 0.1) is 0 Å². The Bertz CT molecular complexity index is 115. The summed E-state index contributed by atoms with van der Waals surface area (Å²) < 4.78 is 5.46. The Morgan fingerprint density at radius 2 is 1.53 bits per heavy atom. The van der Waals surface area contributed by atoms with E-state index < -0.39 is 0 Å². The van der Waals surface area contributed by atoms with Gasteiger partial charge in [-0.3, -0.25) is 0 Å². The molecule has 4 heteroatoms. The van der Waals surface area contributed by atoms with Crippen molar-refractivity contribution < 1.29 is 4.74 Å². The predicted molar refractivity (Wildman–Crippen MR) is 65.4 cm³/mol. The summed E-state index contributed by atoms with van der Waals surface area (Å²) in [6.07, 6.45) is 1.20. The van der Waals surface area contributed by atoms with Crippen LogP contribution in [0.3, 0.4) is 0 Å². The van der Waals surface area contributed by atoms with Crippen molar-refractivity contribution in [2.45, 2.75) is 6.42 Å². The average molecular weight is 217 g/mol. The SMILES string of the molecule is CN(C)CCCNCCOCCN(C)C. The van der Waals surface area contributed by atoms with Gasteiger partial charge in [-0.05, 0) is 47.7 Å². The van der Waals surface area contributed by atoms with Crippen molar-refractivity contribution in [3.8, 4) is 0 Å². The van der Waals surface area contributed by atoms with Gasteiger partial charge in [0.15, 0.2) is 0 Å². The molecule has 0 aromatic carbocycles. The van der Waals surface area contributed by atoms with Crippen molar-refractivity contribution in [3.05, 3.63) is 0 Å². The topological polar surface area (TPSA) is 27.7 Å². The zero-order valence-corrected chi connectivity index (χ0v) is 10.8. The molecule has 0 bridgehead atoms. The minimum atomic E-state index is 0.815. The number of nitrogens with one attached hydrogen (secondary N) is 1. The minimum Gasteiger partial charge on any atom is -0.379 e. The highest BCUT2D eigenvalue weighted by molar-refractivity contribution is 4.50. The first-order valence-corrected chi connectivity index (χ1v) is 5.71. The summed E-state index contributed by atoms with van der Waals surface area (Å²) in [6.45, 7) is 5.83. The van der Waals surface area contributed by atoms with E-state index in [2.05, 4.69) is 43.3 Å². The highest BCUT2D eigenvalue weighted by atomic mass is 16.5. The summed E-state index contributed by atoms with van der Waals surface area (Å²) in [5, 5.41) is 3.36. The molecule has 0 radical (unpaired) electrons. The summed E-state index contributed by atoms with van der Waals surface area (Å²) >= 11 is 0. The summed E-state index contributed by atoms with van der Waals surface area (Å²) in [7, 11) is 8.32. The van der Waals surface area contributed by atoms with E-state index in [1.807, 2.05) is 0 Å². The third-order valence-corrected chi connectivity index (χ3v) is 2.06. The Labute approximate surface area is 94.6 Å². The maximum atomic E-state index is 5.46. The molecule has 1 N–H and O–H groups in total. The smallest absolute Gasteiger partial charge is 0.0593 e. The Balaban J connectivity index is 2.93. The van der Waals surface area contributed by atoms with Crippen molar-refractivity contribution in [1.82, 2.24) is 15.1 Å². The minimum absolute atomic E-state index is 0.815. The fourth-order valence-electron chi connectivity index (χ4n) is 1.14. The van der Waals surface area contributed by atoms with Crippen LogP contribution in [0.5, 0.6) is 0 Å². The first-order valence-electron chi connectivity index (χ1n) is 5.71. The molecule has 0 rings (SSSR count). The predicted octanol–water partition coefficient (Wildman–Crippen LogP) is 0.106. The Morgan fingerprint density at radius 1 is 0.867 bits per heavy atom. The van der Waals surface area contributed by atoms with Crippen LogP contribution in [0.15, 0.2) is 0 Å². The molecule has 15 heavy (non-hydrogen) atoms. The van der Waals surface area contributed by atoms with Gasteiger partial charge in [0.2, 0.25) is 0 Å². The molecule has 0 saturated carbocycles. The second kappa shape index (κ2) is 10.4. The van der Waals surface area contributed by atoms with E-state index >= 15 is 0 Å². The van der Waals surface area contributed by atoms with Gasteiger partial charge in [-0.1, -0.05) is 0 Å². The highest BCUT2D eigenvalue weighted by Gasteiger charge is 1.92. The van der Waals surface area contributed by atoms with Crippen LogP contribution < -0.4 is 5.32 Å². The lowest BCUT2D eigenvalue weighted by molar-refractivity contribution is 0.119. The molecule has 0 unspecified atom stereocenters. The molecule has 0 aliphatic rings. The summed E-state index contributed by atoms with van der Waals surface area (Å²) in [4.78, 5) is 4.33. The lowest BCUT2D eigenvalue weighted by Gasteiger charge is -2.11. The number of hydrogen-bond acceptors (Lipinski definition) is 4. The van der Waals surface area contributed by atoms with Crippen LogP contribution in [0.2, 0.25) is 0 Å². The zero-order chi connectivity index (χ0) is 11.5. The molecule has 0 aromatic heterocycles. The van der Waals surface area contributed by atoms with E-state index in [-0.39, 0.29) is 0 Å². The van der Waals surface area contributed by atoms with Crippen LogP contribution in [0.25, 0.3) is 0 Å². The normalized spacial score (nSPS) is 11.6. The molecule has 0 aliphatic carbocycles. The third kappa shape index (κ3) is 13.8. The van der Waals surface area contributed by atoms with Gasteiger partial charge in [0.1, 0.15) is 0 Å². The number of rotatable bonds is 10. The molecule has 0 spiro atoms. The van der Waals surface area contributed by atoms with Gasteiger partial charge in [0.25, 0.3) is 0 Å². The standard InChI is InChI=1S/C11H27N3O/c1-13(2)8-5-6-12-7-10-15-11-9-14(3)4/h12H,5-11H2,1-4H3. The van der Waals surface area contributed by atoms with Crippen LogP contribution in [-0.2, 0) is 4.74 Å². The second-order valence-corrected chi connectivity index (χ2v) is 4.32. The van der Waals surface area contributed by atoms with Gasteiger partial charge < -0.3 is 19.9 Å². The molecule has 92 valence electrons. The quantitative estimate of drug-likeness (QED) is 0.526. The molecule has 0 saturated heterocycles. The van der Waals surface area contributed by atoms with Gasteiger partial charge in [-0.25, -0.2) is 0 Å². The van der Waals surface area contributed by atoms with Crippen LogP contribution in [0.4, 0.5) is 0 Å². The molecule has 4 nitrogen and oxygen atoms in total. The molecule has 0 aromatic rings.